The minimum absolute atomic E-state index is 0.0215. The Balaban J connectivity index is 1.18. The van der Waals surface area contributed by atoms with E-state index < -0.39 is 18.4 Å². The Kier molecular flexibility index (Phi) is 8.63. The average Bonchev–Trinajstić information content (AvgIpc) is 2.92. The number of ether oxygens (including phenoxy) is 1. The van der Waals surface area contributed by atoms with Crippen molar-refractivity contribution in [2.45, 2.75) is 50.7 Å². The van der Waals surface area contributed by atoms with Crippen molar-refractivity contribution in [1.29, 1.82) is 0 Å². The third-order valence-corrected chi connectivity index (χ3v) is 6.98. The highest BCUT2D eigenvalue weighted by Gasteiger charge is 2.31. The van der Waals surface area contributed by atoms with E-state index in [2.05, 4.69) is 10.5 Å². The van der Waals surface area contributed by atoms with Gasteiger partial charge < -0.3 is 19.9 Å². The van der Waals surface area contributed by atoms with Gasteiger partial charge in [0, 0.05) is 49.2 Å². The summed E-state index contributed by atoms with van der Waals surface area (Å²) in [7, 11) is 0. The Bertz CT molecular complexity index is 1080. The molecule has 1 N–H and O–H groups in total. The number of nitroso groups, excluding NO2 is 1. The van der Waals surface area contributed by atoms with E-state index in [4.69, 9.17) is 4.74 Å². The van der Waals surface area contributed by atoms with E-state index in [0.29, 0.717) is 31.9 Å². The maximum atomic E-state index is 13.1. The molecular formula is C26H30F4N4O3. The Morgan fingerprint density at radius 3 is 2.41 bits per heavy atom. The van der Waals surface area contributed by atoms with E-state index in [-0.39, 0.29) is 35.9 Å². The minimum atomic E-state index is -4.39. The molecule has 0 unspecified atom stereocenters. The number of nitrogens with zero attached hydrogens (tertiary/aromatic N) is 3. The zero-order valence-electron chi connectivity index (χ0n) is 20.3. The topological polar surface area (TPSA) is 74.2 Å². The van der Waals surface area contributed by atoms with E-state index in [9.17, 15) is 27.3 Å². The number of benzene rings is 2. The minimum Gasteiger partial charge on any atom is -0.382 e. The average molecular weight is 523 g/mol. The van der Waals surface area contributed by atoms with Gasteiger partial charge in [-0.05, 0) is 67.3 Å². The van der Waals surface area contributed by atoms with Crippen molar-refractivity contribution < 1.29 is 27.1 Å². The van der Waals surface area contributed by atoms with Crippen LogP contribution in [0.15, 0.2) is 47.6 Å². The van der Waals surface area contributed by atoms with E-state index >= 15 is 0 Å². The molecule has 1 saturated carbocycles. The summed E-state index contributed by atoms with van der Waals surface area (Å²) >= 11 is 0. The summed E-state index contributed by atoms with van der Waals surface area (Å²) < 4.78 is 58.0. The molecule has 200 valence electrons. The van der Waals surface area contributed by atoms with Crippen molar-refractivity contribution >= 4 is 23.0 Å². The number of carbonyl (C=O) groups excluding carboxylic acids is 1. The molecule has 0 aromatic heterocycles. The lowest BCUT2D eigenvalue weighted by Gasteiger charge is -2.36. The Labute approximate surface area is 212 Å². The Morgan fingerprint density at radius 2 is 1.76 bits per heavy atom. The van der Waals surface area contributed by atoms with E-state index in [1.165, 1.54) is 12.1 Å². The summed E-state index contributed by atoms with van der Waals surface area (Å²) in [5.41, 5.74) is 0.919. The fraction of sp³-hybridized carbons (Fsp3) is 0.500. The molecule has 4 rings (SSSR count). The van der Waals surface area contributed by atoms with Crippen molar-refractivity contribution in [1.82, 2.24) is 4.90 Å². The highest BCUT2D eigenvalue weighted by Crippen LogP contribution is 2.32. The highest BCUT2D eigenvalue weighted by molar-refractivity contribution is 5.77. The van der Waals surface area contributed by atoms with Gasteiger partial charge >= 0.3 is 6.18 Å². The molecule has 2 aromatic carbocycles. The molecule has 1 aliphatic carbocycles. The molecule has 7 nitrogen and oxygen atoms in total. The Morgan fingerprint density at radius 1 is 1.03 bits per heavy atom. The smallest absolute Gasteiger partial charge is 0.382 e. The van der Waals surface area contributed by atoms with Crippen LogP contribution in [-0.2, 0) is 22.4 Å². The number of amides is 1. The van der Waals surface area contributed by atoms with Crippen LogP contribution < -0.4 is 10.2 Å². The predicted molar refractivity (Wildman–Crippen MR) is 133 cm³/mol. The molecule has 0 bridgehead atoms. The molecule has 1 amide bonds. The zero-order chi connectivity index (χ0) is 26.4. The van der Waals surface area contributed by atoms with Gasteiger partial charge in [0.2, 0.25) is 5.91 Å². The first-order valence-corrected chi connectivity index (χ1v) is 12.4. The lowest BCUT2D eigenvalue weighted by atomic mass is 9.92. The molecule has 0 spiro atoms. The number of carbonyl (C=O) groups is 1. The van der Waals surface area contributed by atoms with Gasteiger partial charge in [0.25, 0.3) is 0 Å². The molecule has 11 heteroatoms. The van der Waals surface area contributed by atoms with E-state index in [1.807, 2.05) is 4.90 Å². The van der Waals surface area contributed by atoms with Crippen LogP contribution in [0.2, 0.25) is 0 Å². The molecule has 0 radical (unpaired) electrons. The van der Waals surface area contributed by atoms with E-state index in [1.54, 1.807) is 23.1 Å². The molecule has 1 aliphatic heterocycles. The molecule has 0 atom stereocenters. The van der Waals surface area contributed by atoms with Crippen LogP contribution in [0.25, 0.3) is 0 Å². The predicted octanol–water partition coefficient (Wildman–Crippen LogP) is 5.66. The number of hydrogen-bond donors (Lipinski definition) is 1. The van der Waals surface area contributed by atoms with Crippen molar-refractivity contribution in [2.24, 2.45) is 5.18 Å². The summed E-state index contributed by atoms with van der Waals surface area (Å²) in [6, 6.07) is 10.2. The first kappa shape index (κ1) is 26.8. The summed E-state index contributed by atoms with van der Waals surface area (Å²) in [4.78, 5) is 26.9. The molecule has 1 heterocycles. The number of hydrogen-bond acceptors (Lipinski definition) is 6. The second-order valence-electron chi connectivity index (χ2n) is 9.41. The number of rotatable bonds is 8. The lowest BCUT2D eigenvalue weighted by molar-refractivity contribution is -0.139. The van der Waals surface area contributed by atoms with Gasteiger partial charge in [-0.1, -0.05) is 6.07 Å². The van der Waals surface area contributed by atoms with Crippen molar-refractivity contribution in [2.75, 3.05) is 43.0 Å². The SMILES string of the molecule is O=Nc1ccc(NC2CCC(OCC(=O)N3CCN(c4cccc(C(F)(F)F)c4)CC3)CC2)cc1CF. The largest absolute Gasteiger partial charge is 0.416 e. The zero-order valence-corrected chi connectivity index (χ0v) is 20.3. The standard InChI is InChI=1S/C26H30F4N4O3/c27-16-18-14-21(6-9-24(18)32-36)31-20-4-7-23(8-5-20)37-17-25(35)34-12-10-33(11-13-34)22-3-1-2-19(15-22)26(28,29)30/h1-3,6,9,14-15,20,23,31H,4-5,7-8,10-13,16-17H2. The second-order valence-corrected chi connectivity index (χ2v) is 9.41. The van der Waals surface area contributed by atoms with Gasteiger partial charge in [0.05, 0.1) is 11.7 Å². The van der Waals surface area contributed by atoms with Gasteiger partial charge in [-0.3, -0.25) is 4.79 Å². The number of nitrogens with one attached hydrogen (secondary N) is 1. The molecule has 2 aromatic rings. The lowest BCUT2D eigenvalue weighted by Crippen LogP contribution is -2.50. The number of halogens is 4. The van der Waals surface area contributed by atoms with Crippen molar-refractivity contribution in [3.8, 4) is 0 Å². The van der Waals surface area contributed by atoms with Gasteiger partial charge in [-0.25, -0.2) is 4.39 Å². The van der Waals surface area contributed by atoms with Gasteiger partial charge in [0.15, 0.2) is 0 Å². The number of alkyl halides is 4. The van der Waals surface area contributed by atoms with Crippen LogP contribution in [0.5, 0.6) is 0 Å². The van der Waals surface area contributed by atoms with Gasteiger partial charge in [0.1, 0.15) is 19.0 Å². The molecule has 2 aliphatic rings. The molecule has 2 fully saturated rings. The molecule has 37 heavy (non-hydrogen) atoms. The maximum absolute atomic E-state index is 13.1. The third kappa shape index (κ3) is 6.97. The van der Waals surface area contributed by atoms with Crippen LogP contribution in [0.3, 0.4) is 0 Å². The van der Waals surface area contributed by atoms with Gasteiger partial charge in [-0.2, -0.15) is 13.2 Å². The van der Waals surface area contributed by atoms with Crippen LogP contribution in [0.4, 0.5) is 34.6 Å². The van der Waals surface area contributed by atoms with Crippen molar-refractivity contribution in [3.63, 3.8) is 0 Å². The quantitative estimate of drug-likeness (QED) is 0.358. The molecular weight excluding hydrogens is 492 g/mol. The van der Waals surface area contributed by atoms with Crippen molar-refractivity contribution in [3.05, 3.63) is 58.5 Å². The summed E-state index contributed by atoms with van der Waals surface area (Å²) in [6.45, 7) is 0.982. The fourth-order valence-corrected chi connectivity index (χ4v) is 4.85. The first-order valence-electron chi connectivity index (χ1n) is 12.4. The normalized spacial score (nSPS) is 20.5. The van der Waals surface area contributed by atoms with E-state index in [0.717, 1.165) is 43.5 Å². The highest BCUT2D eigenvalue weighted by atomic mass is 19.4. The van der Waals surface area contributed by atoms with Crippen LogP contribution >= 0.6 is 0 Å². The monoisotopic (exact) mass is 522 g/mol. The maximum Gasteiger partial charge on any atom is 0.416 e. The number of anilines is 2. The summed E-state index contributed by atoms with van der Waals surface area (Å²) in [5.74, 6) is -0.119. The summed E-state index contributed by atoms with van der Waals surface area (Å²) in [6.07, 6.45) is -1.22. The summed E-state index contributed by atoms with van der Waals surface area (Å²) in [5, 5.41) is 6.20. The fourth-order valence-electron chi connectivity index (χ4n) is 4.85. The van der Waals surface area contributed by atoms with Crippen LogP contribution in [0, 0.1) is 4.91 Å². The van der Waals surface area contributed by atoms with Crippen LogP contribution in [-0.4, -0.2) is 55.7 Å². The second kappa shape index (κ2) is 11.9. The third-order valence-electron chi connectivity index (χ3n) is 6.98. The Hall–Kier alpha value is -3.21. The number of piperazine rings is 1. The first-order chi connectivity index (χ1) is 17.8. The van der Waals surface area contributed by atoms with Crippen LogP contribution in [0.1, 0.15) is 36.8 Å². The molecule has 1 saturated heterocycles. The van der Waals surface area contributed by atoms with Gasteiger partial charge in [-0.15, -0.1) is 4.91 Å².